The fraction of sp³-hybridized carbons (Fsp3) is 0.500. The Hall–Kier alpha value is -1.88. The van der Waals surface area contributed by atoms with Crippen molar-refractivity contribution in [1.82, 2.24) is 0 Å². The highest BCUT2D eigenvalue weighted by molar-refractivity contribution is 6.00. The third-order valence-electron chi connectivity index (χ3n) is 3.42. The number of carbonyl (C=O) groups is 2. The van der Waals surface area contributed by atoms with Crippen molar-refractivity contribution in [3.05, 3.63) is 24.3 Å². The number of carbonyl (C=O) groups excluding carboxylic acids is 2. The number of benzene rings is 1. The predicted octanol–water partition coefficient (Wildman–Crippen LogP) is 2.74. The van der Waals surface area contributed by atoms with Crippen molar-refractivity contribution in [2.75, 3.05) is 17.2 Å². The lowest BCUT2D eigenvalue weighted by molar-refractivity contribution is -0.120. The first-order chi connectivity index (χ1) is 10.1. The maximum Gasteiger partial charge on any atom is 0.227 e. The van der Waals surface area contributed by atoms with Crippen LogP contribution in [0.3, 0.4) is 0 Å². The lowest BCUT2D eigenvalue weighted by atomic mass is 10.0. The van der Waals surface area contributed by atoms with Gasteiger partial charge in [0.1, 0.15) is 0 Å². The van der Waals surface area contributed by atoms with Gasteiger partial charge in [-0.05, 0) is 37.9 Å². The molecule has 0 aliphatic rings. The van der Waals surface area contributed by atoms with Crippen molar-refractivity contribution in [3.63, 3.8) is 0 Å². The number of amides is 2. The number of nitrogens with one attached hydrogen (secondary N) is 2. The smallest absolute Gasteiger partial charge is 0.227 e. The van der Waals surface area contributed by atoms with Crippen LogP contribution in [0.25, 0.3) is 0 Å². The average Bonchev–Trinajstić information content (AvgIpc) is 2.48. The fourth-order valence-electron chi connectivity index (χ4n) is 2.07. The van der Waals surface area contributed by atoms with Crippen LogP contribution in [0, 0.1) is 5.92 Å². The van der Waals surface area contributed by atoms with Crippen LogP contribution in [0.4, 0.5) is 11.4 Å². The minimum Gasteiger partial charge on any atom is -0.330 e. The Balaban J connectivity index is 2.75. The van der Waals surface area contributed by atoms with Gasteiger partial charge in [0.2, 0.25) is 11.8 Å². The van der Waals surface area contributed by atoms with E-state index < -0.39 is 0 Å². The molecule has 4 N–H and O–H groups in total. The molecule has 0 saturated heterocycles. The molecule has 0 saturated carbocycles. The van der Waals surface area contributed by atoms with Crippen molar-refractivity contribution >= 4 is 23.2 Å². The van der Waals surface area contributed by atoms with Crippen LogP contribution in [-0.2, 0) is 9.59 Å². The minimum absolute atomic E-state index is 0.00834. The van der Waals surface area contributed by atoms with Gasteiger partial charge in [0.05, 0.1) is 11.4 Å². The summed E-state index contributed by atoms with van der Waals surface area (Å²) in [4.78, 5) is 23.9. The second-order valence-corrected chi connectivity index (χ2v) is 4.99. The topological polar surface area (TPSA) is 84.2 Å². The fourth-order valence-corrected chi connectivity index (χ4v) is 2.07. The summed E-state index contributed by atoms with van der Waals surface area (Å²) in [5.74, 6) is -0.112. The number of anilines is 2. The molecular weight excluding hydrogens is 266 g/mol. The van der Waals surface area contributed by atoms with Gasteiger partial charge in [-0.15, -0.1) is 0 Å². The van der Waals surface area contributed by atoms with Crippen LogP contribution in [0.15, 0.2) is 24.3 Å². The first-order valence-corrected chi connectivity index (χ1v) is 7.52. The lowest BCUT2D eigenvalue weighted by Crippen LogP contribution is -2.23. The molecule has 2 amide bonds. The summed E-state index contributed by atoms with van der Waals surface area (Å²) < 4.78 is 0. The third kappa shape index (κ3) is 5.55. The number of hydrogen-bond donors (Lipinski definition) is 3. The van der Waals surface area contributed by atoms with Gasteiger partial charge in [0.25, 0.3) is 0 Å². The second-order valence-electron chi connectivity index (χ2n) is 4.99. The van der Waals surface area contributed by atoms with Crippen LogP contribution in [0.2, 0.25) is 0 Å². The summed E-state index contributed by atoms with van der Waals surface area (Å²) in [5.41, 5.74) is 6.65. The lowest BCUT2D eigenvalue weighted by Gasteiger charge is -2.16. The van der Waals surface area contributed by atoms with Crippen LogP contribution >= 0.6 is 0 Å². The molecule has 21 heavy (non-hydrogen) atoms. The summed E-state index contributed by atoms with van der Waals surface area (Å²) in [6, 6.07) is 7.23. The largest absolute Gasteiger partial charge is 0.330 e. The van der Waals surface area contributed by atoms with Crippen molar-refractivity contribution in [3.8, 4) is 0 Å². The van der Waals surface area contributed by atoms with Crippen molar-refractivity contribution in [2.24, 2.45) is 11.7 Å². The quantitative estimate of drug-likeness (QED) is 0.688. The Bertz CT molecular complexity index is 470. The molecule has 1 aromatic carbocycles. The Kier molecular flexibility index (Phi) is 7.46. The molecule has 0 spiro atoms. The monoisotopic (exact) mass is 291 g/mol. The van der Waals surface area contributed by atoms with E-state index >= 15 is 0 Å². The summed E-state index contributed by atoms with van der Waals surface area (Å²) in [6.07, 6.45) is 2.63. The van der Waals surface area contributed by atoms with Gasteiger partial charge in [-0.2, -0.15) is 0 Å². The van der Waals surface area contributed by atoms with E-state index in [0.717, 1.165) is 12.8 Å². The van der Waals surface area contributed by atoms with Crippen LogP contribution in [-0.4, -0.2) is 18.4 Å². The van der Waals surface area contributed by atoms with E-state index in [9.17, 15) is 9.59 Å². The third-order valence-corrected chi connectivity index (χ3v) is 3.42. The molecule has 0 bridgehead atoms. The molecule has 1 aromatic rings. The van der Waals surface area contributed by atoms with Gasteiger partial charge in [-0.3, -0.25) is 9.59 Å². The SMILES string of the molecule is CCC(CC)C(=O)Nc1ccccc1NC(=O)CCCN. The molecule has 5 heteroatoms. The van der Waals surface area contributed by atoms with Gasteiger partial charge < -0.3 is 16.4 Å². The Morgan fingerprint density at radius 3 is 2.19 bits per heavy atom. The molecule has 0 aromatic heterocycles. The number of hydrogen-bond acceptors (Lipinski definition) is 3. The van der Waals surface area contributed by atoms with Crippen LogP contribution < -0.4 is 16.4 Å². The van der Waals surface area contributed by atoms with Gasteiger partial charge in [0, 0.05) is 12.3 Å². The Labute approximate surface area is 126 Å². The summed E-state index contributed by atoms with van der Waals surface area (Å²) >= 11 is 0. The van der Waals surface area contributed by atoms with E-state index in [0.29, 0.717) is 30.8 Å². The molecular formula is C16H25N3O2. The molecule has 116 valence electrons. The Morgan fingerprint density at radius 2 is 1.67 bits per heavy atom. The first-order valence-electron chi connectivity index (χ1n) is 7.52. The van der Waals surface area contributed by atoms with Gasteiger partial charge in [0.15, 0.2) is 0 Å². The summed E-state index contributed by atoms with van der Waals surface area (Å²) in [6.45, 7) is 4.48. The molecule has 0 fully saturated rings. The zero-order valence-corrected chi connectivity index (χ0v) is 12.8. The average molecular weight is 291 g/mol. The highest BCUT2D eigenvalue weighted by atomic mass is 16.2. The predicted molar refractivity (Wildman–Crippen MR) is 86.1 cm³/mol. The van der Waals surface area contributed by atoms with E-state index in [1.807, 2.05) is 26.0 Å². The van der Waals surface area contributed by atoms with Crippen LogP contribution in [0.1, 0.15) is 39.5 Å². The zero-order chi connectivity index (χ0) is 15.7. The summed E-state index contributed by atoms with van der Waals surface area (Å²) in [5, 5.41) is 5.71. The van der Waals surface area contributed by atoms with Crippen LogP contribution in [0.5, 0.6) is 0 Å². The maximum atomic E-state index is 12.1. The van der Waals surface area contributed by atoms with Crippen molar-refractivity contribution in [1.29, 1.82) is 0 Å². The molecule has 5 nitrogen and oxygen atoms in total. The first kappa shape index (κ1) is 17.2. The number of nitrogens with two attached hydrogens (primary N) is 1. The molecule has 0 unspecified atom stereocenters. The van der Waals surface area contributed by atoms with E-state index in [4.69, 9.17) is 5.73 Å². The highest BCUT2D eigenvalue weighted by Crippen LogP contribution is 2.23. The molecule has 0 aliphatic heterocycles. The van der Waals surface area contributed by atoms with E-state index in [1.165, 1.54) is 0 Å². The van der Waals surface area contributed by atoms with Crippen molar-refractivity contribution in [2.45, 2.75) is 39.5 Å². The Morgan fingerprint density at radius 1 is 1.10 bits per heavy atom. The minimum atomic E-state index is -0.0929. The standard InChI is InChI=1S/C16H25N3O2/c1-3-12(4-2)16(21)19-14-9-6-5-8-13(14)18-15(20)10-7-11-17/h5-6,8-9,12H,3-4,7,10-11,17H2,1-2H3,(H,18,20)(H,19,21). The van der Waals surface area contributed by atoms with Crippen molar-refractivity contribution < 1.29 is 9.59 Å². The zero-order valence-electron chi connectivity index (χ0n) is 12.8. The maximum absolute atomic E-state index is 12.1. The molecule has 0 aliphatic carbocycles. The highest BCUT2D eigenvalue weighted by Gasteiger charge is 2.16. The molecule has 0 heterocycles. The second kappa shape index (κ2) is 9.13. The van der Waals surface area contributed by atoms with E-state index in [1.54, 1.807) is 12.1 Å². The van der Waals surface area contributed by atoms with Gasteiger partial charge in [-0.1, -0.05) is 26.0 Å². The van der Waals surface area contributed by atoms with E-state index in [2.05, 4.69) is 10.6 Å². The molecule has 0 atom stereocenters. The summed E-state index contributed by atoms with van der Waals surface area (Å²) in [7, 11) is 0. The van der Waals surface area contributed by atoms with Gasteiger partial charge >= 0.3 is 0 Å². The number of rotatable bonds is 8. The van der Waals surface area contributed by atoms with Gasteiger partial charge in [-0.25, -0.2) is 0 Å². The molecule has 1 rings (SSSR count). The molecule has 0 radical (unpaired) electrons. The number of para-hydroxylation sites is 2. The normalized spacial score (nSPS) is 10.5. The van der Waals surface area contributed by atoms with E-state index in [-0.39, 0.29) is 17.7 Å².